The molecule has 1 saturated heterocycles. The average molecular weight is 273 g/mol. The summed E-state index contributed by atoms with van der Waals surface area (Å²) in [7, 11) is 3.90. The van der Waals surface area contributed by atoms with E-state index in [9.17, 15) is 4.39 Å². The molecule has 2 atom stereocenters. The van der Waals surface area contributed by atoms with Gasteiger partial charge < -0.3 is 10.1 Å². The third-order valence-corrected chi connectivity index (χ3v) is 3.45. The van der Waals surface area contributed by atoms with Crippen molar-refractivity contribution in [3.8, 4) is 0 Å². The van der Waals surface area contributed by atoms with E-state index >= 15 is 0 Å². The van der Waals surface area contributed by atoms with Crippen molar-refractivity contribution in [1.29, 1.82) is 0 Å². The normalized spacial score (nSPS) is 25.3. The number of ether oxygens (including phenoxy) is 1. The van der Waals surface area contributed by atoms with Crippen molar-refractivity contribution in [2.45, 2.75) is 12.1 Å². The first kappa shape index (κ1) is 13.7. The second kappa shape index (κ2) is 5.97. The zero-order valence-electron chi connectivity index (χ0n) is 10.6. The Labute approximate surface area is 112 Å². The van der Waals surface area contributed by atoms with Crippen LogP contribution in [0.3, 0.4) is 0 Å². The number of benzene rings is 1. The van der Waals surface area contributed by atoms with E-state index in [4.69, 9.17) is 16.3 Å². The van der Waals surface area contributed by atoms with Gasteiger partial charge in [-0.2, -0.15) is 0 Å². The van der Waals surface area contributed by atoms with Crippen LogP contribution in [-0.2, 0) is 4.74 Å². The van der Waals surface area contributed by atoms with Gasteiger partial charge in [0.05, 0.1) is 18.8 Å². The third-order valence-electron chi connectivity index (χ3n) is 3.23. The van der Waals surface area contributed by atoms with E-state index in [2.05, 4.69) is 10.2 Å². The van der Waals surface area contributed by atoms with Gasteiger partial charge in [0.1, 0.15) is 5.82 Å². The number of likely N-dealkylation sites (N-methyl/N-ethyl adjacent to an activating group) is 2. The van der Waals surface area contributed by atoms with Crippen molar-refractivity contribution >= 4 is 11.6 Å². The van der Waals surface area contributed by atoms with Crippen LogP contribution in [0.2, 0.25) is 5.02 Å². The second-order valence-electron chi connectivity index (χ2n) is 4.60. The summed E-state index contributed by atoms with van der Waals surface area (Å²) >= 11 is 5.93. The first-order valence-electron chi connectivity index (χ1n) is 6.04. The van der Waals surface area contributed by atoms with Gasteiger partial charge in [0, 0.05) is 18.1 Å². The Morgan fingerprint density at radius 3 is 2.94 bits per heavy atom. The van der Waals surface area contributed by atoms with Crippen LogP contribution in [-0.4, -0.2) is 44.8 Å². The molecule has 0 bridgehead atoms. The number of nitrogens with zero attached hydrogens (tertiary/aromatic N) is 1. The van der Waals surface area contributed by atoms with E-state index < -0.39 is 0 Å². The van der Waals surface area contributed by atoms with Gasteiger partial charge >= 0.3 is 0 Å². The maximum atomic E-state index is 13.5. The third kappa shape index (κ3) is 3.01. The maximum absolute atomic E-state index is 13.5. The summed E-state index contributed by atoms with van der Waals surface area (Å²) in [5, 5.41) is 3.53. The van der Waals surface area contributed by atoms with Gasteiger partial charge in [0.2, 0.25) is 0 Å². The van der Waals surface area contributed by atoms with Crippen molar-refractivity contribution in [1.82, 2.24) is 10.2 Å². The van der Waals surface area contributed by atoms with Gasteiger partial charge in [-0.15, -0.1) is 0 Å². The Bertz CT molecular complexity index is 394. The van der Waals surface area contributed by atoms with E-state index in [0.29, 0.717) is 11.6 Å². The van der Waals surface area contributed by atoms with Gasteiger partial charge in [-0.1, -0.05) is 11.6 Å². The molecule has 0 radical (unpaired) electrons. The highest BCUT2D eigenvalue weighted by atomic mass is 35.5. The van der Waals surface area contributed by atoms with Crippen LogP contribution in [0.1, 0.15) is 11.6 Å². The molecule has 3 nitrogen and oxygen atoms in total. The smallest absolute Gasteiger partial charge is 0.125 e. The molecule has 0 amide bonds. The summed E-state index contributed by atoms with van der Waals surface area (Å²) in [6.45, 7) is 2.25. The highest BCUT2D eigenvalue weighted by Gasteiger charge is 2.31. The Hall–Kier alpha value is -0.680. The van der Waals surface area contributed by atoms with Crippen LogP contribution in [0.5, 0.6) is 0 Å². The van der Waals surface area contributed by atoms with Crippen LogP contribution in [0, 0.1) is 5.82 Å². The van der Waals surface area contributed by atoms with E-state index in [0.717, 1.165) is 18.7 Å². The van der Waals surface area contributed by atoms with Gasteiger partial charge in [0.15, 0.2) is 0 Å². The van der Waals surface area contributed by atoms with Crippen LogP contribution in [0.15, 0.2) is 18.2 Å². The van der Waals surface area contributed by atoms with E-state index in [-0.39, 0.29) is 18.0 Å². The van der Waals surface area contributed by atoms with Crippen molar-refractivity contribution in [3.05, 3.63) is 34.6 Å². The lowest BCUT2D eigenvalue weighted by molar-refractivity contribution is -0.0607. The molecule has 2 rings (SSSR count). The van der Waals surface area contributed by atoms with Crippen molar-refractivity contribution < 1.29 is 9.13 Å². The van der Waals surface area contributed by atoms with Crippen LogP contribution in [0.4, 0.5) is 4.39 Å². The Morgan fingerprint density at radius 1 is 1.50 bits per heavy atom. The molecular formula is C13H18ClFN2O. The fourth-order valence-corrected chi connectivity index (χ4v) is 2.68. The van der Waals surface area contributed by atoms with Crippen molar-refractivity contribution in [2.24, 2.45) is 0 Å². The minimum atomic E-state index is -0.306. The van der Waals surface area contributed by atoms with E-state index in [1.165, 1.54) is 12.1 Å². The zero-order chi connectivity index (χ0) is 13.1. The SMILES string of the molecule is CNCC1OCCN(C)C1c1cc(F)cc(Cl)c1. The van der Waals surface area contributed by atoms with Crippen LogP contribution in [0.25, 0.3) is 0 Å². The summed E-state index contributed by atoms with van der Waals surface area (Å²) in [4.78, 5) is 2.18. The lowest BCUT2D eigenvalue weighted by Crippen LogP contribution is -2.47. The maximum Gasteiger partial charge on any atom is 0.125 e. The molecule has 1 aromatic rings. The fourth-order valence-electron chi connectivity index (χ4n) is 2.45. The Morgan fingerprint density at radius 2 is 2.28 bits per heavy atom. The van der Waals surface area contributed by atoms with Gasteiger partial charge in [0.25, 0.3) is 0 Å². The zero-order valence-corrected chi connectivity index (χ0v) is 11.4. The molecular weight excluding hydrogens is 255 g/mol. The molecule has 1 aliphatic heterocycles. The molecule has 0 spiro atoms. The molecule has 1 aromatic carbocycles. The molecule has 18 heavy (non-hydrogen) atoms. The standard InChI is InChI=1S/C13H18ClFN2O/c1-16-8-12-13(17(2)3-4-18-12)9-5-10(14)7-11(15)6-9/h5-7,12-13,16H,3-4,8H2,1-2H3. The largest absolute Gasteiger partial charge is 0.374 e. The second-order valence-corrected chi connectivity index (χ2v) is 5.03. The summed E-state index contributed by atoms with van der Waals surface area (Å²) in [6.07, 6.45) is 0.00613. The minimum Gasteiger partial charge on any atom is -0.374 e. The van der Waals surface area contributed by atoms with E-state index in [1.54, 1.807) is 0 Å². The number of rotatable bonds is 3. The van der Waals surface area contributed by atoms with Gasteiger partial charge in [-0.05, 0) is 37.9 Å². The molecule has 0 aliphatic carbocycles. The Balaban J connectivity index is 2.30. The molecule has 0 aromatic heterocycles. The first-order valence-corrected chi connectivity index (χ1v) is 6.42. The summed E-state index contributed by atoms with van der Waals surface area (Å²) in [5.74, 6) is -0.306. The summed E-state index contributed by atoms with van der Waals surface area (Å²) in [5.41, 5.74) is 0.863. The number of hydrogen-bond donors (Lipinski definition) is 1. The molecule has 1 aliphatic rings. The summed E-state index contributed by atoms with van der Waals surface area (Å²) < 4.78 is 19.2. The van der Waals surface area contributed by atoms with Crippen molar-refractivity contribution in [3.63, 3.8) is 0 Å². The first-order chi connectivity index (χ1) is 8.61. The molecule has 5 heteroatoms. The quantitative estimate of drug-likeness (QED) is 0.912. The lowest BCUT2D eigenvalue weighted by atomic mass is 9.98. The number of hydrogen-bond acceptors (Lipinski definition) is 3. The monoisotopic (exact) mass is 272 g/mol. The van der Waals surface area contributed by atoms with Gasteiger partial charge in [-0.25, -0.2) is 4.39 Å². The minimum absolute atomic E-state index is 0.00613. The van der Waals surface area contributed by atoms with Crippen molar-refractivity contribution in [2.75, 3.05) is 33.8 Å². The van der Waals surface area contributed by atoms with Crippen LogP contribution < -0.4 is 5.32 Å². The van der Waals surface area contributed by atoms with E-state index in [1.807, 2.05) is 20.2 Å². The molecule has 1 fully saturated rings. The predicted octanol–water partition coefficient (Wildman–Crippen LogP) is 2.07. The average Bonchev–Trinajstić information content (AvgIpc) is 2.28. The molecule has 2 unspecified atom stereocenters. The van der Waals surface area contributed by atoms with Gasteiger partial charge in [-0.3, -0.25) is 4.90 Å². The lowest BCUT2D eigenvalue weighted by Gasteiger charge is -2.39. The van der Waals surface area contributed by atoms with Crippen LogP contribution >= 0.6 is 11.6 Å². The molecule has 0 saturated carbocycles. The number of morpholine rings is 1. The molecule has 100 valence electrons. The summed E-state index contributed by atoms with van der Waals surface area (Å²) in [6, 6.07) is 4.69. The Kier molecular flexibility index (Phi) is 4.56. The number of halogens is 2. The number of nitrogens with one attached hydrogen (secondary N) is 1. The fraction of sp³-hybridized carbons (Fsp3) is 0.538. The highest BCUT2D eigenvalue weighted by molar-refractivity contribution is 6.30. The topological polar surface area (TPSA) is 24.5 Å². The predicted molar refractivity (Wildman–Crippen MR) is 70.4 cm³/mol. The molecule has 1 heterocycles. The highest BCUT2D eigenvalue weighted by Crippen LogP contribution is 2.30. The molecule has 1 N–H and O–H groups in total.